The summed E-state index contributed by atoms with van der Waals surface area (Å²) in [6.07, 6.45) is 12.8. The summed E-state index contributed by atoms with van der Waals surface area (Å²) in [5.41, 5.74) is 0.0699. The van der Waals surface area contributed by atoms with Crippen LogP contribution in [-0.4, -0.2) is 0 Å². The average Bonchev–Trinajstić information content (AvgIpc) is 2.32. The van der Waals surface area contributed by atoms with Crippen molar-refractivity contribution in [3.8, 4) is 6.07 Å². The summed E-state index contributed by atoms with van der Waals surface area (Å²) in [7, 11) is 0. The van der Waals surface area contributed by atoms with Gasteiger partial charge in [-0.15, -0.1) is 0 Å². The predicted molar refractivity (Wildman–Crippen MR) is 62.7 cm³/mol. The first-order valence-corrected chi connectivity index (χ1v) is 6.47. The Balaban J connectivity index is 2.11. The lowest BCUT2D eigenvalue weighted by Crippen LogP contribution is -2.32. The van der Waals surface area contributed by atoms with Crippen LogP contribution >= 0.6 is 0 Å². The Labute approximate surface area is 92.5 Å². The van der Waals surface area contributed by atoms with Gasteiger partial charge in [0, 0.05) is 5.01 Å². The second kappa shape index (κ2) is 4.88. The van der Waals surface area contributed by atoms with Gasteiger partial charge in [0.05, 0.1) is 0 Å². The van der Waals surface area contributed by atoms with Gasteiger partial charge in [-0.2, -0.15) is 0 Å². The van der Waals surface area contributed by atoms with Crippen LogP contribution in [0.2, 0.25) is 0 Å². The maximum Gasteiger partial charge on any atom is 0.305 e. The highest BCUT2D eigenvalue weighted by atomic mass is 16.4. The topological polar surface area (TPSA) is 27.4 Å². The third-order valence-corrected chi connectivity index (χ3v) is 4.40. The van der Waals surface area contributed by atoms with Crippen molar-refractivity contribution in [3.63, 3.8) is 0 Å². The zero-order valence-electron chi connectivity index (χ0n) is 9.50. The molecule has 0 N–H and O–H groups in total. The van der Waals surface area contributed by atoms with Gasteiger partial charge >= 0.3 is 6.07 Å². The van der Waals surface area contributed by atoms with Crippen molar-refractivity contribution in [2.24, 2.45) is 11.3 Å². The summed E-state index contributed by atoms with van der Waals surface area (Å²) in [5, 5.41) is 13.6. The summed E-state index contributed by atoms with van der Waals surface area (Å²) < 4.78 is 0. The number of hydrogen-bond donors (Lipinski definition) is 0. The molecule has 15 heavy (non-hydrogen) atoms. The van der Waals surface area contributed by atoms with Crippen molar-refractivity contribution in [2.45, 2.75) is 64.2 Å². The van der Waals surface area contributed by atoms with E-state index in [1.54, 1.807) is 0 Å². The molecule has 0 spiro atoms. The first-order chi connectivity index (χ1) is 7.37. The monoisotopic (exact) mass is 207 g/mol. The van der Waals surface area contributed by atoms with Crippen LogP contribution in [0.15, 0.2) is 0 Å². The lowest BCUT2D eigenvalue weighted by Gasteiger charge is -2.37. The van der Waals surface area contributed by atoms with Gasteiger partial charge in [-0.05, 0) is 31.6 Å². The Morgan fingerprint density at radius 2 is 1.53 bits per heavy atom. The molecule has 2 nitrogen and oxygen atoms in total. The molecule has 0 heterocycles. The molecule has 0 aromatic rings. The van der Waals surface area contributed by atoms with E-state index < -0.39 is 0 Å². The highest BCUT2D eigenvalue weighted by molar-refractivity contribution is 5.10. The zero-order valence-corrected chi connectivity index (χ0v) is 9.50. The van der Waals surface area contributed by atoms with Crippen LogP contribution in [0.5, 0.6) is 0 Å². The summed E-state index contributed by atoms with van der Waals surface area (Å²) in [6, 6.07) is 2.94. The molecule has 2 fully saturated rings. The molecule has 2 rings (SSSR count). The lowest BCUT2D eigenvalue weighted by atomic mass is 9.62. The lowest BCUT2D eigenvalue weighted by molar-refractivity contribution is 0.128. The molecular formula is C13H21NO. The van der Waals surface area contributed by atoms with E-state index in [0.29, 0.717) is 5.92 Å². The second-order valence-electron chi connectivity index (χ2n) is 5.25. The first-order valence-electron chi connectivity index (χ1n) is 6.47. The van der Waals surface area contributed by atoms with Crippen LogP contribution in [0.4, 0.5) is 0 Å². The number of nitrogens with zero attached hydrogens (tertiary/aromatic N) is 1. The van der Waals surface area contributed by atoms with Crippen molar-refractivity contribution in [3.05, 3.63) is 10.2 Å². The quantitative estimate of drug-likeness (QED) is 0.587. The molecule has 0 aromatic heterocycles. The fraction of sp³-hybridized carbons (Fsp3) is 0.923. The SMILES string of the molecule is [O-][N+]#CC1(C2CCCCC2)CCCCC1. The summed E-state index contributed by atoms with van der Waals surface area (Å²) in [6.45, 7) is 0. The third-order valence-electron chi connectivity index (χ3n) is 4.40. The molecule has 0 atom stereocenters. The van der Waals surface area contributed by atoms with E-state index in [1.807, 2.05) is 0 Å². The minimum Gasteiger partial charge on any atom is -0.498 e. The van der Waals surface area contributed by atoms with Crippen LogP contribution in [0, 0.1) is 22.6 Å². The smallest absolute Gasteiger partial charge is 0.305 e. The molecule has 0 radical (unpaired) electrons. The molecule has 0 unspecified atom stereocenters. The molecule has 2 aliphatic rings. The molecule has 0 aliphatic heterocycles. The van der Waals surface area contributed by atoms with Gasteiger partial charge in [0.25, 0.3) is 0 Å². The molecule has 2 aliphatic carbocycles. The molecule has 2 heteroatoms. The van der Waals surface area contributed by atoms with Gasteiger partial charge < -0.3 is 5.21 Å². The fourth-order valence-corrected chi connectivity index (χ4v) is 3.54. The Bertz CT molecular complexity index is 251. The van der Waals surface area contributed by atoms with E-state index in [1.165, 1.54) is 51.4 Å². The predicted octanol–water partition coefficient (Wildman–Crippen LogP) is 4.35. The summed E-state index contributed by atoms with van der Waals surface area (Å²) in [4.78, 5) is 0. The third kappa shape index (κ3) is 2.27. The molecule has 0 amide bonds. The van der Waals surface area contributed by atoms with Gasteiger partial charge in [-0.25, -0.2) is 0 Å². The van der Waals surface area contributed by atoms with Crippen molar-refractivity contribution in [1.29, 1.82) is 0 Å². The minimum atomic E-state index is 0.0699. The van der Waals surface area contributed by atoms with E-state index >= 15 is 0 Å². The molecule has 2 saturated carbocycles. The van der Waals surface area contributed by atoms with Crippen LogP contribution in [-0.2, 0) is 0 Å². The van der Waals surface area contributed by atoms with Gasteiger partial charge in [-0.1, -0.05) is 38.5 Å². The van der Waals surface area contributed by atoms with Crippen LogP contribution in [0.1, 0.15) is 64.2 Å². The van der Waals surface area contributed by atoms with Crippen molar-refractivity contribution in [2.75, 3.05) is 0 Å². The van der Waals surface area contributed by atoms with Gasteiger partial charge in [0.1, 0.15) is 5.41 Å². The average molecular weight is 207 g/mol. The standard InChI is InChI=1S/C13H21NO/c15-14-11-13(9-5-2-6-10-13)12-7-3-1-4-8-12/h12H,1-10H2. The fourth-order valence-electron chi connectivity index (χ4n) is 3.54. The van der Waals surface area contributed by atoms with Crippen molar-refractivity contribution < 1.29 is 0 Å². The zero-order chi connectivity index (χ0) is 10.6. The van der Waals surface area contributed by atoms with Crippen LogP contribution < -0.4 is 0 Å². The van der Waals surface area contributed by atoms with E-state index in [0.717, 1.165) is 12.8 Å². The minimum absolute atomic E-state index is 0.0699. The molecule has 0 bridgehead atoms. The Kier molecular flexibility index (Phi) is 3.51. The molecule has 0 saturated heterocycles. The molecule has 0 aromatic carbocycles. The first kappa shape index (κ1) is 10.8. The van der Waals surface area contributed by atoms with Crippen molar-refractivity contribution >= 4 is 0 Å². The molecular weight excluding hydrogens is 186 g/mol. The second-order valence-corrected chi connectivity index (χ2v) is 5.25. The van der Waals surface area contributed by atoms with E-state index in [9.17, 15) is 5.21 Å². The van der Waals surface area contributed by atoms with E-state index in [2.05, 4.69) is 11.1 Å². The van der Waals surface area contributed by atoms with Gasteiger partial charge in [0.2, 0.25) is 0 Å². The maximum atomic E-state index is 10.6. The Morgan fingerprint density at radius 1 is 0.933 bits per heavy atom. The van der Waals surface area contributed by atoms with Crippen LogP contribution in [0.3, 0.4) is 0 Å². The largest absolute Gasteiger partial charge is 0.498 e. The Hall–Kier alpha value is -0.710. The summed E-state index contributed by atoms with van der Waals surface area (Å²) >= 11 is 0. The number of hydrogen-bond acceptors (Lipinski definition) is 1. The summed E-state index contributed by atoms with van der Waals surface area (Å²) in [5.74, 6) is 0.698. The normalized spacial score (nSPS) is 26.7. The molecule has 84 valence electrons. The maximum absolute atomic E-state index is 10.6. The van der Waals surface area contributed by atoms with E-state index in [-0.39, 0.29) is 5.41 Å². The highest BCUT2D eigenvalue weighted by Crippen LogP contribution is 2.47. The number of rotatable bonds is 1. The van der Waals surface area contributed by atoms with E-state index in [4.69, 9.17) is 0 Å². The highest BCUT2D eigenvalue weighted by Gasteiger charge is 2.43. The van der Waals surface area contributed by atoms with Gasteiger partial charge in [-0.3, -0.25) is 0 Å². The van der Waals surface area contributed by atoms with Crippen LogP contribution in [0.25, 0.3) is 5.01 Å². The van der Waals surface area contributed by atoms with Gasteiger partial charge in [0.15, 0.2) is 0 Å². The van der Waals surface area contributed by atoms with Crippen molar-refractivity contribution in [1.82, 2.24) is 0 Å². The Morgan fingerprint density at radius 3 is 2.13 bits per heavy atom.